The van der Waals surface area contributed by atoms with Gasteiger partial charge in [0, 0.05) is 17.5 Å². The highest BCUT2D eigenvalue weighted by Gasteiger charge is 2.47. The normalized spacial score (nSPS) is 30.6. The molecule has 0 saturated carbocycles. The van der Waals surface area contributed by atoms with Crippen molar-refractivity contribution in [2.75, 3.05) is 0 Å². The molecule has 2 aliphatic heterocycles. The van der Waals surface area contributed by atoms with Crippen LogP contribution in [0.25, 0.3) is 0 Å². The molecule has 2 heterocycles. The highest BCUT2D eigenvalue weighted by Crippen LogP contribution is 2.41. The Hall–Kier alpha value is -0.650. The molecule has 0 aromatic heterocycles. The molecule has 2 aliphatic rings. The van der Waals surface area contributed by atoms with E-state index in [9.17, 15) is 12.8 Å². The van der Waals surface area contributed by atoms with Crippen molar-refractivity contribution in [3.05, 3.63) is 29.6 Å². The second-order valence-corrected chi connectivity index (χ2v) is 8.13. The minimum Gasteiger partial charge on any atom is -0.207 e. The van der Waals surface area contributed by atoms with Crippen LogP contribution in [0.4, 0.5) is 4.39 Å². The average Bonchev–Trinajstić information content (AvgIpc) is 2.66. The molecule has 2 unspecified atom stereocenters. The Bertz CT molecular complexity index is 620. The van der Waals surface area contributed by atoms with Gasteiger partial charge in [0.2, 0.25) is 10.0 Å². The van der Waals surface area contributed by atoms with E-state index in [2.05, 4.69) is 0 Å². The second-order valence-electron chi connectivity index (χ2n) is 5.70. The molecule has 3 nitrogen and oxygen atoms in total. The van der Waals surface area contributed by atoms with E-state index in [1.54, 1.807) is 11.2 Å². The zero-order valence-electron chi connectivity index (χ0n) is 11.2. The number of halogens is 2. The molecule has 0 amide bonds. The number of hydrogen-bond acceptors (Lipinski definition) is 2. The highest BCUT2D eigenvalue weighted by atomic mass is 35.5. The Morgan fingerprint density at radius 2 is 1.85 bits per heavy atom. The van der Waals surface area contributed by atoms with Crippen molar-refractivity contribution in [2.45, 2.75) is 55.0 Å². The Morgan fingerprint density at radius 1 is 1.25 bits per heavy atom. The van der Waals surface area contributed by atoms with Gasteiger partial charge in [-0.25, -0.2) is 12.8 Å². The van der Waals surface area contributed by atoms with Crippen LogP contribution in [0.1, 0.15) is 31.2 Å². The summed E-state index contributed by atoms with van der Waals surface area (Å²) in [6.07, 6.45) is 3.07. The molecule has 0 aliphatic carbocycles. The molecule has 1 aromatic carbocycles. The van der Waals surface area contributed by atoms with Gasteiger partial charge in [0.05, 0.1) is 4.90 Å². The maximum Gasteiger partial charge on any atom is 0.243 e. The lowest BCUT2D eigenvalue weighted by Gasteiger charge is -2.36. The molecular formula is C14H17ClFNO2S. The summed E-state index contributed by atoms with van der Waals surface area (Å²) in [5.74, 6) is -0.520. The quantitative estimate of drug-likeness (QED) is 0.786. The van der Waals surface area contributed by atoms with Crippen molar-refractivity contribution in [1.82, 2.24) is 4.31 Å². The van der Waals surface area contributed by atoms with Gasteiger partial charge in [-0.2, -0.15) is 4.31 Å². The molecule has 1 aromatic rings. The molecule has 0 spiro atoms. The maximum absolute atomic E-state index is 13.4. The summed E-state index contributed by atoms with van der Waals surface area (Å²) in [5.41, 5.74) is 0.582. The number of fused-ring (bicyclic) bond motifs is 2. The third kappa shape index (κ3) is 2.26. The zero-order valence-corrected chi connectivity index (χ0v) is 12.8. The molecule has 2 bridgehead atoms. The average molecular weight is 318 g/mol. The van der Waals surface area contributed by atoms with Crippen molar-refractivity contribution in [2.24, 2.45) is 0 Å². The van der Waals surface area contributed by atoms with Crippen LogP contribution < -0.4 is 0 Å². The summed E-state index contributed by atoms with van der Waals surface area (Å²) < 4.78 is 40.7. The molecule has 2 atom stereocenters. The highest BCUT2D eigenvalue weighted by molar-refractivity contribution is 7.89. The SMILES string of the molecule is Cc1ccc(F)cc1S(=O)(=O)N1C2CCC1CC(Cl)C2. The van der Waals surface area contributed by atoms with Gasteiger partial charge in [-0.05, 0) is 50.3 Å². The summed E-state index contributed by atoms with van der Waals surface area (Å²) >= 11 is 6.18. The standard InChI is InChI=1S/C14H17ClFNO2S/c1-9-2-3-11(16)8-14(9)20(18,19)17-12-4-5-13(17)7-10(15)6-12/h2-3,8,10,12-13H,4-7H2,1H3. The minimum atomic E-state index is -3.64. The lowest BCUT2D eigenvalue weighted by molar-refractivity contribution is 0.251. The van der Waals surface area contributed by atoms with Crippen LogP contribution in [0, 0.1) is 12.7 Å². The van der Waals surface area contributed by atoms with Gasteiger partial charge in [-0.3, -0.25) is 0 Å². The van der Waals surface area contributed by atoms with Crippen LogP contribution in [0.3, 0.4) is 0 Å². The number of alkyl halides is 1. The lowest BCUT2D eigenvalue weighted by atomic mass is 10.1. The first-order chi connectivity index (χ1) is 9.39. The van der Waals surface area contributed by atoms with E-state index in [4.69, 9.17) is 11.6 Å². The van der Waals surface area contributed by atoms with Crippen molar-refractivity contribution in [3.8, 4) is 0 Å². The van der Waals surface area contributed by atoms with Gasteiger partial charge in [0.1, 0.15) is 5.82 Å². The van der Waals surface area contributed by atoms with E-state index in [1.807, 2.05) is 0 Å². The number of nitrogens with zero attached hydrogens (tertiary/aromatic N) is 1. The minimum absolute atomic E-state index is 0.0380. The van der Waals surface area contributed by atoms with Crippen molar-refractivity contribution in [3.63, 3.8) is 0 Å². The predicted molar refractivity (Wildman–Crippen MR) is 75.8 cm³/mol. The number of rotatable bonds is 2. The number of benzene rings is 1. The summed E-state index contributed by atoms with van der Waals surface area (Å²) in [7, 11) is -3.64. The predicted octanol–water partition coefficient (Wildman–Crippen LogP) is 3.06. The Morgan fingerprint density at radius 3 is 2.45 bits per heavy atom. The van der Waals surface area contributed by atoms with E-state index in [0.717, 1.165) is 18.9 Å². The van der Waals surface area contributed by atoms with Crippen molar-refractivity contribution in [1.29, 1.82) is 0 Å². The first kappa shape index (κ1) is 14.3. The van der Waals surface area contributed by atoms with Gasteiger partial charge in [-0.1, -0.05) is 6.07 Å². The van der Waals surface area contributed by atoms with Gasteiger partial charge in [0.25, 0.3) is 0 Å². The fourth-order valence-corrected chi connectivity index (χ4v) is 5.97. The third-order valence-electron chi connectivity index (χ3n) is 4.31. The third-order valence-corrected chi connectivity index (χ3v) is 6.82. The van der Waals surface area contributed by atoms with Crippen LogP contribution in [0.2, 0.25) is 0 Å². The van der Waals surface area contributed by atoms with Crippen LogP contribution in [0.15, 0.2) is 23.1 Å². The van der Waals surface area contributed by atoms with Gasteiger partial charge < -0.3 is 0 Å². The fraction of sp³-hybridized carbons (Fsp3) is 0.571. The van der Waals surface area contributed by atoms with Gasteiger partial charge >= 0.3 is 0 Å². The first-order valence-corrected chi connectivity index (χ1v) is 8.71. The van der Waals surface area contributed by atoms with E-state index >= 15 is 0 Å². The van der Waals surface area contributed by atoms with Gasteiger partial charge in [-0.15, -0.1) is 11.6 Å². The molecule has 0 N–H and O–H groups in total. The molecule has 0 radical (unpaired) electrons. The Labute approximate surface area is 123 Å². The van der Waals surface area contributed by atoms with E-state index < -0.39 is 15.8 Å². The smallest absolute Gasteiger partial charge is 0.207 e. The van der Waals surface area contributed by atoms with Gasteiger partial charge in [0.15, 0.2) is 0 Å². The summed E-state index contributed by atoms with van der Waals surface area (Å²) in [6, 6.07) is 3.84. The zero-order chi connectivity index (χ0) is 14.5. The maximum atomic E-state index is 13.4. The number of hydrogen-bond donors (Lipinski definition) is 0. The molecule has 2 saturated heterocycles. The number of aryl methyl sites for hydroxylation is 1. The molecular weight excluding hydrogens is 301 g/mol. The van der Waals surface area contributed by atoms with Crippen LogP contribution in [-0.4, -0.2) is 30.2 Å². The Balaban J connectivity index is 2.03. The molecule has 110 valence electrons. The van der Waals surface area contributed by atoms with E-state index in [1.165, 1.54) is 12.1 Å². The largest absolute Gasteiger partial charge is 0.243 e. The van der Waals surface area contributed by atoms with Crippen LogP contribution in [0.5, 0.6) is 0 Å². The first-order valence-electron chi connectivity index (χ1n) is 6.83. The monoisotopic (exact) mass is 317 g/mol. The number of sulfonamides is 1. The van der Waals surface area contributed by atoms with Crippen LogP contribution >= 0.6 is 11.6 Å². The molecule has 3 rings (SSSR count). The molecule has 2 fully saturated rings. The molecule has 20 heavy (non-hydrogen) atoms. The van der Waals surface area contributed by atoms with Crippen molar-refractivity contribution < 1.29 is 12.8 Å². The fourth-order valence-electron chi connectivity index (χ4n) is 3.43. The van der Waals surface area contributed by atoms with E-state index in [0.29, 0.717) is 18.4 Å². The lowest BCUT2D eigenvalue weighted by Crippen LogP contribution is -2.46. The van der Waals surface area contributed by atoms with Crippen molar-refractivity contribution >= 4 is 21.6 Å². The van der Waals surface area contributed by atoms with Crippen LogP contribution in [-0.2, 0) is 10.0 Å². The molecule has 6 heteroatoms. The summed E-state index contributed by atoms with van der Waals surface area (Å²) in [5, 5.41) is 0.0487. The van der Waals surface area contributed by atoms with E-state index in [-0.39, 0.29) is 22.4 Å². The second kappa shape index (κ2) is 4.97. The number of piperidine rings is 1. The summed E-state index contributed by atoms with van der Waals surface area (Å²) in [4.78, 5) is 0.0856. The Kier molecular flexibility index (Phi) is 3.55. The topological polar surface area (TPSA) is 37.4 Å². The summed E-state index contributed by atoms with van der Waals surface area (Å²) in [6.45, 7) is 1.70.